The molecular weight excluding hydrogens is 287 g/mol. The van der Waals surface area contributed by atoms with Crippen LogP contribution in [-0.2, 0) is 11.3 Å². The molecule has 1 aromatic carbocycles. The van der Waals surface area contributed by atoms with Crippen molar-refractivity contribution in [1.82, 2.24) is 10.6 Å². The number of carboxylic acid groups (broad SMARTS) is 1. The molecule has 0 fully saturated rings. The lowest BCUT2D eigenvalue weighted by molar-refractivity contribution is -0.143. The smallest absolute Gasteiger partial charge is 0.329 e. The summed E-state index contributed by atoms with van der Waals surface area (Å²) in [6.07, 6.45) is 0.233. The Morgan fingerprint density at radius 2 is 2.10 bits per heavy atom. The molecule has 7 heteroatoms. The van der Waals surface area contributed by atoms with E-state index in [0.717, 1.165) is 0 Å². The fraction of sp³-hybridized carbons (Fsp3) is 0.385. The number of urea groups is 1. The van der Waals surface area contributed by atoms with Crippen LogP contribution in [0.1, 0.15) is 25.8 Å². The van der Waals surface area contributed by atoms with Crippen LogP contribution in [0.15, 0.2) is 18.2 Å². The van der Waals surface area contributed by atoms with Crippen molar-refractivity contribution in [3.05, 3.63) is 34.6 Å². The Morgan fingerprint density at radius 3 is 2.65 bits per heavy atom. The number of benzene rings is 1. The highest BCUT2D eigenvalue weighted by Gasteiger charge is 2.32. The van der Waals surface area contributed by atoms with Gasteiger partial charge in [0.1, 0.15) is 11.4 Å². The number of halogens is 2. The molecule has 1 rings (SSSR count). The Bertz CT molecular complexity index is 524. The highest BCUT2D eigenvalue weighted by atomic mass is 35.5. The molecular formula is C13H16ClFN2O3. The number of nitrogens with one attached hydrogen (secondary N) is 2. The van der Waals surface area contributed by atoms with E-state index in [2.05, 4.69) is 10.6 Å². The molecule has 20 heavy (non-hydrogen) atoms. The molecule has 0 heterocycles. The van der Waals surface area contributed by atoms with Crippen LogP contribution in [0.2, 0.25) is 5.02 Å². The van der Waals surface area contributed by atoms with Crippen LogP contribution in [0.25, 0.3) is 0 Å². The van der Waals surface area contributed by atoms with Gasteiger partial charge in [0, 0.05) is 11.6 Å². The lowest BCUT2D eigenvalue weighted by Gasteiger charge is -2.24. The van der Waals surface area contributed by atoms with Gasteiger partial charge in [-0.2, -0.15) is 0 Å². The lowest BCUT2D eigenvalue weighted by Crippen LogP contribution is -2.54. The molecule has 1 unspecified atom stereocenters. The second-order valence-electron chi connectivity index (χ2n) is 4.53. The number of amides is 2. The number of carbonyl (C=O) groups excluding carboxylic acids is 1. The van der Waals surface area contributed by atoms with Crippen LogP contribution in [0.3, 0.4) is 0 Å². The number of hydrogen-bond donors (Lipinski definition) is 3. The molecule has 0 radical (unpaired) electrons. The quantitative estimate of drug-likeness (QED) is 0.782. The molecule has 0 bridgehead atoms. The van der Waals surface area contributed by atoms with Gasteiger partial charge < -0.3 is 15.7 Å². The van der Waals surface area contributed by atoms with Crippen molar-refractivity contribution in [1.29, 1.82) is 0 Å². The maximum absolute atomic E-state index is 13.0. The van der Waals surface area contributed by atoms with Gasteiger partial charge in [-0.1, -0.05) is 18.5 Å². The Kier molecular flexibility index (Phi) is 5.33. The van der Waals surface area contributed by atoms with Gasteiger partial charge in [-0.3, -0.25) is 0 Å². The van der Waals surface area contributed by atoms with E-state index in [1.165, 1.54) is 25.1 Å². The standard InChI is InChI=1S/C13H16ClFN2O3/c1-3-13(2,11(18)19)17-12(20)16-7-8-6-9(15)4-5-10(8)14/h4-6H,3,7H2,1-2H3,(H,18,19)(H2,16,17,20). The second-order valence-corrected chi connectivity index (χ2v) is 4.94. The maximum Gasteiger partial charge on any atom is 0.329 e. The molecule has 0 spiro atoms. The lowest BCUT2D eigenvalue weighted by atomic mass is 10.00. The first-order valence-electron chi connectivity index (χ1n) is 6.02. The summed E-state index contributed by atoms with van der Waals surface area (Å²) in [5.41, 5.74) is -0.939. The number of aliphatic carboxylic acids is 1. The first kappa shape index (κ1) is 16.2. The van der Waals surface area contributed by atoms with E-state index in [-0.39, 0.29) is 13.0 Å². The van der Waals surface area contributed by atoms with Crippen molar-refractivity contribution in [3.8, 4) is 0 Å². The summed E-state index contributed by atoms with van der Waals surface area (Å²) in [5.74, 6) is -1.59. The van der Waals surface area contributed by atoms with Crippen molar-refractivity contribution >= 4 is 23.6 Å². The summed E-state index contributed by atoms with van der Waals surface area (Å²) >= 11 is 5.86. The average molecular weight is 303 g/mol. The minimum atomic E-state index is -1.35. The van der Waals surface area contributed by atoms with Gasteiger partial charge in [-0.15, -0.1) is 0 Å². The molecule has 0 aliphatic heterocycles. The number of carboxylic acids is 1. The Labute approximate surface area is 121 Å². The molecule has 0 saturated heterocycles. The molecule has 0 aromatic heterocycles. The van der Waals surface area contributed by atoms with Crippen LogP contribution in [0.5, 0.6) is 0 Å². The van der Waals surface area contributed by atoms with Gasteiger partial charge in [-0.25, -0.2) is 14.0 Å². The molecule has 5 nitrogen and oxygen atoms in total. The van der Waals surface area contributed by atoms with Gasteiger partial charge in [0.15, 0.2) is 0 Å². The Balaban J connectivity index is 2.64. The predicted octanol–water partition coefficient (Wildman–Crippen LogP) is 2.53. The zero-order chi connectivity index (χ0) is 15.3. The molecule has 0 saturated carbocycles. The third-order valence-electron chi connectivity index (χ3n) is 3.02. The minimum absolute atomic E-state index is 0.00183. The van der Waals surface area contributed by atoms with Gasteiger partial charge >= 0.3 is 12.0 Å². The van der Waals surface area contributed by atoms with Crippen molar-refractivity contribution in [2.24, 2.45) is 0 Å². The zero-order valence-corrected chi connectivity index (χ0v) is 11.9. The van der Waals surface area contributed by atoms with Gasteiger partial charge in [0.2, 0.25) is 0 Å². The topological polar surface area (TPSA) is 78.4 Å². The van der Waals surface area contributed by atoms with E-state index in [0.29, 0.717) is 10.6 Å². The first-order chi connectivity index (χ1) is 9.28. The Morgan fingerprint density at radius 1 is 1.45 bits per heavy atom. The van der Waals surface area contributed by atoms with E-state index in [1.54, 1.807) is 6.92 Å². The van der Waals surface area contributed by atoms with E-state index in [9.17, 15) is 14.0 Å². The van der Waals surface area contributed by atoms with Crippen LogP contribution < -0.4 is 10.6 Å². The number of hydrogen-bond acceptors (Lipinski definition) is 2. The minimum Gasteiger partial charge on any atom is -0.480 e. The highest BCUT2D eigenvalue weighted by Crippen LogP contribution is 2.16. The van der Waals surface area contributed by atoms with Crippen molar-refractivity contribution in [2.75, 3.05) is 0 Å². The molecule has 110 valence electrons. The highest BCUT2D eigenvalue weighted by molar-refractivity contribution is 6.31. The van der Waals surface area contributed by atoms with Crippen LogP contribution in [0, 0.1) is 5.82 Å². The summed E-state index contributed by atoms with van der Waals surface area (Å²) in [4.78, 5) is 22.7. The SMILES string of the molecule is CCC(C)(NC(=O)NCc1cc(F)ccc1Cl)C(=O)O. The molecule has 0 aliphatic carbocycles. The van der Waals surface area contributed by atoms with Crippen molar-refractivity contribution in [3.63, 3.8) is 0 Å². The first-order valence-corrected chi connectivity index (χ1v) is 6.39. The van der Waals surface area contributed by atoms with Crippen LogP contribution in [-0.4, -0.2) is 22.6 Å². The molecule has 3 N–H and O–H groups in total. The van der Waals surface area contributed by atoms with Crippen LogP contribution in [0.4, 0.5) is 9.18 Å². The normalized spacial score (nSPS) is 13.4. The molecule has 1 aromatic rings. The van der Waals surface area contributed by atoms with Crippen LogP contribution >= 0.6 is 11.6 Å². The van der Waals surface area contributed by atoms with Gasteiger partial charge in [0.25, 0.3) is 0 Å². The third kappa shape index (κ3) is 4.09. The van der Waals surface area contributed by atoms with Crippen molar-refractivity contribution in [2.45, 2.75) is 32.4 Å². The predicted molar refractivity (Wildman–Crippen MR) is 73.1 cm³/mol. The summed E-state index contributed by atoms with van der Waals surface area (Å²) in [5, 5.41) is 14.2. The van der Waals surface area contributed by atoms with E-state index >= 15 is 0 Å². The largest absolute Gasteiger partial charge is 0.480 e. The van der Waals surface area contributed by atoms with Gasteiger partial charge in [-0.05, 0) is 37.1 Å². The average Bonchev–Trinajstić information content (AvgIpc) is 2.39. The maximum atomic E-state index is 13.0. The van der Waals surface area contributed by atoms with E-state index in [1.807, 2.05) is 0 Å². The fourth-order valence-corrected chi connectivity index (χ4v) is 1.63. The van der Waals surface area contributed by atoms with Gasteiger partial charge in [0.05, 0.1) is 0 Å². The summed E-state index contributed by atoms with van der Waals surface area (Å²) < 4.78 is 13.0. The molecule has 2 amide bonds. The molecule has 1 atom stereocenters. The van der Waals surface area contributed by atoms with E-state index < -0.39 is 23.4 Å². The zero-order valence-electron chi connectivity index (χ0n) is 11.2. The monoisotopic (exact) mass is 302 g/mol. The summed E-state index contributed by atoms with van der Waals surface area (Å²) in [7, 11) is 0. The Hall–Kier alpha value is -1.82. The molecule has 0 aliphatic rings. The third-order valence-corrected chi connectivity index (χ3v) is 3.38. The van der Waals surface area contributed by atoms with Crippen molar-refractivity contribution < 1.29 is 19.1 Å². The number of rotatable bonds is 5. The number of carbonyl (C=O) groups is 2. The summed E-state index contributed by atoms with van der Waals surface area (Å²) in [6.45, 7) is 3.06. The second kappa shape index (κ2) is 6.56. The summed E-state index contributed by atoms with van der Waals surface area (Å²) in [6, 6.07) is 3.15. The van der Waals surface area contributed by atoms with E-state index in [4.69, 9.17) is 16.7 Å². The fourth-order valence-electron chi connectivity index (χ4n) is 1.44.